The molecule has 0 amide bonds. The van der Waals surface area contributed by atoms with Crippen molar-refractivity contribution in [2.75, 3.05) is 0 Å². The van der Waals surface area contributed by atoms with Crippen molar-refractivity contribution in [3.63, 3.8) is 0 Å². The number of hydrogen-bond donors (Lipinski definition) is 0. The van der Waals surface area contributed by atoms with Crippen molar-refractivity contribution in [1.82, 2.24) is 20.2 Å². The fourth-order valence-corrected chi connectivity index (χ4v) is 3.67. The molecule has 1 aliphatic heterocycles. The second-order valence-electron chi connectivity index (χ2n) is 5.14. The molecule has 0 saturated heterocycles. The highest BCUT2D eigenvalue weighted by Gasteiger charge is 2.63. The van der Waals surface area contributed by atoms with Crippen LogP contribution in [-0.2, 0) is 0 Å². The Labute approximate surface area is 102 Å². The monoisotopic (exact) mass is 245 g/mol. The van der Waals surface area contributed by atoms with Crippen molar-refractivity contribution in [1.29, 1.82) is 0 Å². The predicted octanol–water partition coefficient (Wildman–Crippen LogP) is 0.852. The zero-order chi connectivity index (χ0) is 12.3. The molecule has 2 heterocycles. The first-order chi connectivity index (χ1) is 8.73. The molecule has 7 heteroatoms. The van der Waals surface area contributed by atoms with Crippen LogP contribution in [-0.4, -0.2) is 30.7 Å². The van der Waals surface area contributed by atoms with Crippen LogP contribution in [0.1, 0.15) is 24.7 Å². The Morgan fingerprint density at radius 3 is 3.06 bits per heavy atom. The maximum Gasteiger partial charge on any atom is 0.269 e. The minimum atomic E-state index is -1.07. The molecule has 1 aromatic heterocycles. The molecular formula is C11H11N5O2. The summed E-state index contributed by atoms with van der Waals surface area (Å²) in [7, 11) is 0. The molecule has 1 aromatic rings. The van der Waals surface area contributed by atoms with E-state index in [0.717, 1.165) is 12.8 Å². The normalized spacial score (nSPS) is 39.4. The molecule has 4 aliphatic rings. The lowest BCUT2D eigenvalue weighted by Gasteiger charge is -2.47. The van der Waals surface area contributed by atoms with E-state index in [9.17, 15) is 10.1 Å². The van der Waals surface area contributed by atoms with Gasteiger partial charge in [0.15, 0.2) is 5.82 Å². The summed E-state index contributed by atoms with van der Waals surface area (Å²) in [6.07, 6.45) is 9.28. The topological polar surface area (TPSA) is 86.7 Å². The maximum atomic E-state index is 11.7. The van der Waals surface area contributed by atoms with Crippen molar-refractivity contribution in [2.45, 2.75) is 24.4 Å². The highest BCUT2D eigenvalue weighted by atomic mass is 16.6. The number of hydrogen-bond acceptors (Lipinski definition) is 5. The molecule has 0 spiro atoms. The number of rotatable bonds is 1. The van der Waals surface area contributed by atoms with Crippen LogP contribution in [0, 0.1) is 22.0 Å². The summed E-state index contributed by atoms with van der Waals surface area (Å²) >= 11 is 0. The van der Waals surface area contributed by atoms with Crippen LogP contribution < -0.4 is 0 Å². The molecule has 18 heavy (non-hydrogen) atoms. The molecule has 0 unspecified atom stereocenters. The Bertz CT molecular complexity index is 592. The summed E-state index contributed by atoms with van der Waals surface area (Å²) in [5, 5.41) is 23.1. The van der Waals surface area contributed by atoms with E-state index in [-0.39, 0.29) is 22.8 Å². The van der Waals surface area contributed by atoms with Gasteiger partial charge in [0.05, 0.1) is 5.92 Å². The summed E-state index contributed by atoms with van der Waals surface area (Å²) in [6, 6.07) is -0.286. The smallest absolute Gasteiger partial charge is 0.264 e. The van der Waals surface area contributed by atoms with Crippen LogP contribution in [0.3, 0.4) is 0 Å². The molecule has 3 aliphatic carbocycles. The standard InChI is InChI=1S/C11H11N5O2/c17-16(18)11-6-5-9-12-13-14-15(9)10(11)7-1-3-8(11)4-2-7/h1,3,5-8,10H,2,4H2/t7-,8+,10+,11+/m0/s1. The first-order valence-corrected chi connectivity index (χ1v) is 6.03. The molecule has 92 valence electrons. The van der Waals surface area contributed by atoms with E-state index in [4.69, 9.17) is 0 Å². The quantitative estimate of drug-likeness (QED) is 0.416. The largest absolute Gasteiger partial charge is 0.269 e. The van der Waals surface area contributed by atoms with Gasteiger partial charge >= 0.3 is 0 Å². The molecule has 0 radical (unpaired) electrons. The van der Waals surface area contributed by atoms with Gasteiger partial charge in [0, 0.05) is 10.8 Å². The zero-order valence-electron chi connectivity index (χ0n) is 9.51. The van der Waals surface area contributed by atoms with Crippen molar-refractivity contribution in [3.05, 3.63) is 34.2 Å². The molecule has 2 bridgehead atoms. The van der Waals surface area contributed by atoms with Crippen LogP contribution in [0.5, 0.6) is 0 Å². The molecule has 0 aromatic carbocycles. The van der Waals surface area contributed by atoms with Crippen LogP contribution in [0.4, 0.5) is 0 Å². The van der Waals surface area contributed by atoms with Gasteiger partial charge in [-0.3, -0.25) is 10.1 Å². The van der Waals surface area contributed by atoms with Gasteiger partial charge in [0.25, 0.3) is 5.54 Å². The lowest BCUT2D eigenvalue weighted by molar-refractivity contribution is -0.578. The molecule has 1 fully saturated rings. The van der Waals surface area contributed by atoms with Crippen molar-refractivity contribution < 1.29 is 4.92 Å². The second-order valence-corrected chi connectivity index (χ2v) is 5.14. The summed E-state index contributed by atoms with van der Waals surface area (Å²) < 4.78 is 1.63. The van der Waals surface area contributed by atoms with Crippen LogP contribution in [0.25, 0.3) is 6.08 Å². The third-order valence-corrected chi connectivity index (χ3v) is 4.47. The SMILES string of the molecule is O=[N+]([O-])[C@@]12C=Cc3nnnn3[C@@H]1[C@H]1C=C[C@@H]2CC1. The Morgan fingerprint density at radius 2 is 2.33 bits per heavy atom. The Kier molecular flexibility index (Phi) is 1.68. The Balaban J connectivity index is 1.99. The number of nitro groups is 1. The van der Waals surface area contributed by atoms with Gasteiger partial charge in [-0.05, 0) is 35.4 Å². The van der Waals surface area contributed by atoms with Gasteiger partial charge in [0.2, 0.25) is 0 Å². The van der Waals surface area contributed by atoms with Gasteiger partial charge in [-0.25, -0.2) is 4.68 Å². The lowest BCUT2D eigenvalue weighted by Crippen LogP contribution is -2.58. The van der Waals surface area contributed by atoms with Gasteiger partial charge in [0.1, 0.15) is 6.04 Å². The van der Waals surface area contributed by atoms with Gasteiger partial charge < -0.3 is 0 Å². The minimum Gasteiger partial charge on any atom is -0.264 e. The average molecular weight is 245 g/mol. The first kappa shape index (κ1) is 9.93. The molecule has 5 rings (SSSR count). The molecule has 1 saturated carbocycles. The number of fused-ring (bicyclic) bond motifs is 2. The van der Waals surface area contributed by atoms with Crippen LogP contribution in [0.2, 0.25) is 0 Å². The van der Waals surface area contributed by atoms with Gasteiger partial charge in [-0.15, -0.1) is 5.10 Å². The van der Waals surface area contributed by atoms with E-state index in [1.165, 1.54) is 0 Å². The summed E-state index contributed by atoms with van der Waals surface area (Å²) in [4.78, 5) is 11.5. The lowest BCUT2D eigenvalue weighted by atomic mass is 9.60. The highest BCUT2D eigenvalue weighted by molar-refractivity contribution is 5.47. The Hall–Kier alpha value is -2.05. The van der Waals surface area contributed by atoms with E-state index in [1.807, 2.05) is 6.08 Å². The van der Waals surface area contributed by atoms with Gasteiger partial charge in [-0.1, -0.05) is 12.2 Å². The van der Waals surface area contributed by atoms with Crippen LogP contribution >= 0.6 is 0 Å². The van der Waals surface area contributed by atoms with E-state index in [0.29, 0.717) is 5.82 Å². The fraction of sp³-hybridized carbons (Fsp3) is 0.545. The van der Waals surface area contributed by atoms with Crippen molar-refractivity contribution in [3.8, 4) is 0 Å². The fourth-order valence-electron chi connectivity index (χ4n) is 3.67. The number of aromatic nitrogens is 4. The number of tetrazole rings is 1. The predicted molar refractivity (Wildman–Crippen MR) is 61.0 cm³/mol. The zero-order valence-corrected chi connectivity index (χ0v) is 9.51. The highest BCUT2D eigenvalue weighted by Crippen LogP contribution is 2.53. The number of allylic oxidation sites excluding steroid dienone is 1. The van der Waals surface area contributed by atoms with Gasteiger partial charge in [-0.2, -0.15) is 0 Å². The van der Waals surface area contributed by atoms with E-state index in [1.54, 1.807) is 16.8 Å². The third kappa shape index (κ3) is 0.938. The average Bonchev–Trinajstić information content (AvgIpc) is 2.87. The summed E-state index contributed by atoms with van der Waals surface area (Å²) in [5.74, 6) is 0.696. The summed E-state index contributed by atoms with van der Waals surface area (Å²) in [5.41, 5.74) is -1.07. The van der Waals surface area contributed by atoms with Crippen molar-refractivity contribution in [2.24, 2.45) is 11.8 Å². The van der Waals surface area contributed by atoms with Crippen LogP contribution in [0.15, 0.2) is 18.2 Å². The first-order valence-electron chi connectivity index (χ1n) is 6.03. The Morgan fingerprint density at radius 1 is 1.44 bits per heavy atom. The second kappa shape index (κ2) is 3.04. The summed E-state index contributed by atoms with van der Waals surface area (Å²) in [6.45, 7) is 0. The molecule has 4 atom stereocenters. The molecule has 7 nitrogen and oxygen atoms in total. The van der Waals surface area contributed by atoms with E-state index >= 15 is 0 Å². The van der Waals surface area contributed by atoms with Crippen molar-refractivity contribution >= 4 is 6.08 Å². The number of nitrogens with zero attached hydrogens (tertiary/aromatic N) is 5. The minimum absolute atomic E-state index is 0.0592. The van der Waals surface area contributed by atoms with E-state index < -0.39 is 5.54 Å². The third-order valence-electron chi connectivity index (χ3n) is 4.47. The molecular weight excluding hydrogens is 234 g/mol. The maximum absolute atomic E-state index is 11.7. The molecule has 0 N–H and O–H groups in total. The van der Waals surface area contributed by atoms with E-state index in [2.05, 4.69) is 21.6 Å².